The number of dihydropyridines is 1. The SMILES string of the molecule is COc1ccccc1[C@H]1CC(=O)C2=C(C1)NC(C)=C(C(=O)O[C@@H]1CCN(C(C)=O)C1)[C@H]2c1cccc(O)c1. The number of esters is 1. The van der Waals surface area contributed by atoms with Gasteiger partial charge >= 0.3 is 5.97 Å². The van der Waals surface area contributed by atoms with Crippen molar-refractivity contribution in [3.8, 4) is 11.5 Å². The van der Waals surface area contributed by atoms with Crippen LogP contribution >= 0.6 is 0 Å². The van der Waals surface area contributed by atoms with Crippen molar-refractivity contribution in [2.75, 3.05) is 20.2 Å². The molecule has 3 aliphatic rings. The molecule has 8 heteroatoms. The number of amides is 1. The molecule has 0 unspecified atom stereocenters. The first kappa shape index (κ1) is 25.6. The molecule has 2 aliphatic heterocycles. The van der Waals surface area contributed by atoms with Gasteiger partial charge in [0.05, 0.1) is 19.2 Å². The zero-order chi connectivity index (χ0) is 27.0. The molecule has 0 spiro atoms. The van der Waals surface area contributed by atoms with Gasteiger partial charge in [-0.25, -0.2) is 4.79 Å². The molecule has 3 atom stereocenters. The Hall–Kier alpha value is -4.07. The highest BCUT2D eigenvalue weighted by Crippen LogP contribution is 2.47. The van der Waals surface area contributed by atoms with Crippen molar-refractivity contribution in [2.24, 2.45) is 0 Å². The van der Waals surface area contributed by atoms with Crippen LogP contribution in [0.5, 0.6) is 11.5 Å². The van der Waals surface area contributed by atoms with Gasteiger partial charge in [0.15, 0.2) is 5.78 Å². The molecule has 1 aliphatic carbocycles. The number of hydrogen-bond donors (Lipinski definition) is 2. The van der Waals surface area contributed by atoms with Gasteiger partial charge in [0.25, 0.3) is 0 Å². The van der Waals surface area contributed by atoms with Crippen molar-refractivity contribution in [3.63, 3.8) is 0 Å². The fraction of sp³-hybridized carbons (Fsp3) is 0.367. The number of ether oxygens (including phenoxy) is 2. The van der Waals surface area contributed by atoms with Crippen molar-refractivity contribution < 1.29 is 29.0 Å². The Bertz CT molecular complexity index is 1360. The maximum atomic E-state index is 13.8. The summed E-state index contributed by atoms with van der Waals surface area (Å²) >= 11 is 0. The molecule has 198 valence electrons. The summed E-state index contributed by atoms with van der Waals surface area (Å²) in [6.45, 7) is 4.20. The highest BCUT2D eigenvalue weighted by Gasteiger charge is 2.42. The maximum absolute atomic E-state index is 13.8. The largest absolute Gasteiger partial charge is 0.508 e. The Labute approximate surface area is 221 Å². The number of hydrogen-bond acceptors (Lipinski definition) is 7. The Balaban J connectivity index is 1.51. The number of methoxy groups -OCH3 is 1. The number of para-hydroxylation sites is 1. The van der Waals surface area contributed by atoms with Gasteiger partial charge in [-0.05, 0) is 42.7 Å². The first-order valence-electron chi connectivity index (χ1n) is 12.9. The van der Waals surface area contributed by atoms with E-state index in [1.54, 1.807) is 30.2 Å². The summed E-state index contributed by atoms with van der Waals surface area (Å²) in [4.78, 5) is 40.8. The second-order valence-electron chi connectivity index (χ2n) is 10.1. The minimum Gasteiger partial charge on any atom is -0.508 e. The minimum atomic E-state index is -0.678. The van der Waals surface area contributed by atoms with E-state index in [0.717, 1.165) is 17.0 Å². The van der Waals surface area contributed by atoms with Crippen LogP contribution in [-0.4, -0.2) is 54.0 Å². The number of rotatable bonds is 5. The predicted molar refractivity (Wildman–Crippen MR) is 140 cm³/mol. The normalized spacial score (nSPS) is 23.2. The number of Topliss-reactive ketones (excluding diaryl/α,β-unsaturated/α-hetero) is 1. The average molecular weight is 517 g/mol. The lowest BCUT2D eigenvalue weighted by atomic mass is 9.71. The molecule has 1 amide bonds. The molecule has 0 radical (unpaired) electrons. The minimum absolute atomic E-state index is 0.0524. The van der Waals surface area contributed by atoms with Crippen LogP contribution in [0, 0.1) is 0 Å². The van der Waals surface area contributed by atoms with Gasteiger partial charge in [-0.15, -0.1) is 0 Å². The second-order valence-corrected chi connectivity index (χ2v) is 10.1. The zero-order valence-electron chi connectivity index (χ0n) is 21.8. The van der Waals surface area contributed by atoms with E-state index in [2.05, 4.69) is 5.32 Å². The Kier molecular flexibility index (Phi) is 6.97. The highest BCUT2D eigenvalue weighted by atomic mass is 16.5. The number of likely N-dealkylation sites (tertiary alicyclic amines) is 1. The molecular formula is C30H32N2O6. The van der Waals surface area contributed by atoms with Gasteiger partial charge in [0.1, 0.15) is 17.6 Å². The molecule has 2 N–H and O–H groups in total. The van der Waals surface area contributed by atoms with Crippen LogP contribution in [0.4, 0.5) is 0 Å². The van der Waals surface area contributed by atoms with Crippen molar-refractivity contribution >= 4 is 17.7 Å². The van der Waals surface area contributed by atoms with Crippen molar-refractivity contribution in [2.45, 2.75) is 51.0 Å². The molecule has 1 fully saturated rings. The molecule has 1 saturated heterocycles. The predicted octanol–water partition coefficient (Wildman–Crippen LogP) is 3.93. The number of benzene rings is 2. The first-order chi connectivity index (χ1) is 18.3. The van der Waals surface area contributed by atoms with Gasteiger partial charge in [-0.3, -0.25) is 9.59 Å². The standard InChI is InChI=1S/C30H32N2O6/c1-17-27(30(36)38-22-11-12-32(16-22)18(2)33)28(19-7-6-8-21(34)13-19)29-24(31-17)14-20(15-25(29)35)23-9-4-5-10-26(23)37-3/h4-10,13,20,22,28,31,34H,11-12,14-16H2,1-3H3/t20-,22-,28-/m1/s1. The van der Waals surface area contributed by atoms with Gasteiger partial charge in [0.2, 0.25) is 5.91 Å². The zero-order valence-corrected chi connectivity index (χ0v) is 21.8. The summed E-state index contributed by atoms with van der Waals surface area (Å²) in [6.07, 6.45) is 0.999. The van der Waals surface area contributed by atoms with E-state index in [1.807, 2.05) is 37.3 Å². The number of aromatic hydroxyl groups is 1. The summed E-state index contributed by atoms with van der Waals surface area (Å²) in [6, 6.07) is 14.4. The fourth-order valence-corrected chi connectivity index (χ4v) is 5.90. The number of phenols is 1. The molecule has 38 heavy (non-hydrogen) atoms. The van der Waals surface area contributed by atoms with Crippen LogP contribution in [0.15, 0.2) is 71.1 Å². The molecule has 2 heterocycles. The maximum Gasteiger partial charge on any atom is 0.337 e. The highest BCUT2D eigenvalue weighted by molar-refractivity contribution is 6.04. The molecule has 2 aromatic rings. The number of phenolic OH excluding ortho intramolecular Hbond substituents is 1. The van der Waals surface area contributed by atoms with Gasteiger partial charge in [0, 0.05) is 55.1 Å². The van der Waals surface area contributed by atoms with E-state index < -0.39 is 18.0 Å². The average Bonchev–Trinajstić information content (AvgIpc) is 3.36. The van der Waals surface area contributed by atoms with Crippen LogP contribution in [-0.2, 0) is 19.1 Å². The van der Waals surface area contributed by atoms with Crippen molar-refractivity contribution in [3.05, 3.63) is 82.2 Å². The topological polar surface area (TPSA) is 105 Å². The van der Waals surface area contributed by atoms with Crippen molar-refractivity contribution in [1.82, 2.24) is 10.2 Å². The van der Waals surface area contributed by atoms with E-state index in [9.17, 15) is 19.5 Å². The summed E-state index contributed by atoms with van der Waals surface area (Å²) < 4.78 is 11.4. The van der Waals surface area contributed by atoms with Crippen LogP contribution in [0.3, 0.4) is 0 Å². The molecule has 0 bridgehead atoms. The van der Waals surface area contributed by atoms with Gasteiger partial charge < -0.3 is 24.8 Å². The number of nitrogens with one attached hydrogen (secondary N) is 1. The van der Waals surface area contributed by atoms with Crippen LogP contribution in [0.25, 0.3) is 0 Å². The van der Waals surface area contributed by atoms with E-state index in [4.69, 9.17) is 9.47 Å². The lowest BCUT2D eigenvalue weighted by Crippen LogP contribution is -2.37. The quantitative estimate of drug-likeness (QED) is 0.580. The van der Waals surface area contributed by atoms with E-state index in [-0.39, 0.29) is 29.8 Å². The monoisotopic (exact) mass is 516 g/mol. The number of nitrogens with zero attached hydrogens (tertiary/aromatic N) is 1. The van der Waals surface area contributed by atoms with Gasteiger partial charge in [-0.1, -0.05) is 30.3 Å². The molecule has 0 aromatic heterocycles. The third kappa shape index (κ3) is 4.78. The smallest absolute Gasteiger partial charge is 0.337 e. The van der Waals surface area contributed by atoms with Crippen LogP contribution in [0.1, 0.15) is 56.1 Å². The van der Waals surface area contributed by atoms with E-state index in [1.165, 1.54) is 6.92 Å². The van der Waals surface area contributed by atoms with Gasteiger partial charge in [-0.2, -0.15) is 0 Å². The van der Waals surface area contributed by atoms with Crippen molar-refractivity contribution in [1.29, 1.82) is 0 Å². The van der Waals surface area contributed by atoms with Crippen LogP contribution < -0.4 is 10.1 Å². The number of carbonyl (C=O) groups is 3. The Morgan fingerprint density at radius 1 is 1.11 bits per heavy atom. The lowest BCUT2D eigenvalue weighted by molar-refractivity contribution is -0.145. The Morgan fingerprint density at radius 2 is 1.89 bits per heavy atom. The fourth-order valence-electron chi connectivity index (χ4n) is 5.90. The van der Waals surface area contributed by atoms with E-state index >= 15 is 0 Å². The third-order valence-corrected chi connectivity index (χ3v) is 7.69. The summed E-state index contributed by atoms with van der Waals surface area (Å²) in [7, 11) is 1.62. The summed E-state index contributed by atoms with van der Waals surface area (Å²) in [5.74, 6) is -0.606. The summed E-state index contributed by atoms with van der Waals surface area (Å²) in [5, 5.41) is 13.6. The molecule has 0 saturated carbocycles. The lowest BCUT2D eigenvalue weighted by Gasteiger charge is -2.37. The number of ketones is 1. The number of carbonyl (C=O) groups excluding carboxylic acids is 3. The third-order valence-electron chi connectivity index (χ3n) is 7.69. The van der Waals surface area contributed by atoms with E-state index in [0.29, 0.717) is 48.3 Å². The second kappa shape index (κ2) is 10.4. The molecule has 2 aromatic carbocycles. The summed E-state index contributed by atoms with van der Waals surface area (Å²) in [5.41, 5.74) is 3.86. The molecule has 5 rings (SSSR count). The molecular weight excluding hydrogens is 484 g/mol. The van der Waals surface area contributed by atoms with Crippen LogP contribution in [0.2, 0.25) is 0 Å². The first-order valence-corrected chi connectivity index (χ1v) is 12.9. The Morgan fingerprint density at radius 3 is 2.61 bits per heavy atom. The molecule has 8 nitrogen and oxygen atoms in total. The number of allylic oxidation sites excluding steroid dienone is 3.